The van der Waals surface area contributed by atoms with Crippen molar-refractivity contribution in [1.29, 1.82) is 0 Å². The van der Waals surface area contributed by atoms with Gasteiger partial charge in [-0.25, -0.2) is 0 Å². The van der Waals surface area contributed by atoms with Gasteiger partial charge in [-0.3, -0.25) is 0 Å². The summed E-state index contributed by atoms with van der Waals surface area (Å²) < 4.78 is 21.9. The summed E-state index contributed by atoms with van der Waals surface area (Å²) in [5.41, 5.74) is 0.752. The fraction of sp³-hybridized carbons (Fsp3) is 0.300. The second-order valence-electron chi connectivity index (χ2n) is 6.17. The largest absolute Gasteiger partial charge is 0.497 e. The van der Waals surface area contributed by atoms with Gasteiger partial charge in [0.2, 0.25) is 6.29 Å². The highest BCUT2D eigenvalue weighted by Crippen LogP contribution is 2.57. The molecule has 1 N–H and O–H groups in total. The first-order valence-corrected chi connectivity index (χ1v) is 8.15. The molecule has 2 heterocycles. The Hall–Kier alpha value is -2.50. The van der Waals surface area contributed by atoms with E-state index in [1.165, 1.54) is 0 Å². The Balaban J connectivity index is 1.73. The van der Waals surface area contributed by atoms with Gasteiger partial charge in [0.25, 0.3) is 0 Å². The third kappa shape index (κ3) is 2.39. The third-order valence-electron chi connectivity index (χ3n) is 4.98. The fourth-order valence-corrected chi connectivity index (χ4v) is 3.58. The summed E-state index contributed by atoms with van der Waals surface area (Å²) in [7, 11) is 3.24. The fourth-order valence-electron chi connectivity index (χ4n) is 3.58. The maximum Gasteiger partial charge on any atom is 0.209 e. The third-order valence-corrected chi connectivity index (χ3v) is 4.98. The molecule has 0 amide bonds. The Morgan fingerprint density at radius 1 is 0.960 bits per heavy atom. The van der Waals surface area contributed by atoms with E-state index in [0.29, 0.717) is 0 Å². The van der Waals surface area contributed by atoms with Crippen molar-refractivity contribution in [2.24, 2.45) is 5.92 Å². The number of rotatable bonds is 5. The Morgan fingerprint density at radius 2 is 1.56 bits per heavy atom. The molecule has 2 aliphatic heterocycles. The van der Waals surface area contributed by atoms with Gasteiger partial charge in [-0.1, -0.05) is 24.3 Å². The molecule has 2 unspecified atom stereocenters. The smallest absolute Gasteiger partial charge is 0.209 e. The molecular weight excluding hydrogens is 320 g/mol. The first-order chi connectivity index (χ1) is 12.2. The molecule has 2 aromatic rings. The standard InChI is InChI=1S/C20H20O5/c1-22-15-7-3-13(4-8-15)18(21)20(17-11-12-24-19(17)25-20)14-5-9-16(23-2)10-6-14/h3-12,17-19,21H,1-2H3/t17-,18?,19-,20?/m1/s1. The maximum atomic E-state index is 11.2. The first-order valence-electron chi connectivity index (χ1n) is 8.15. The van der Waals surface area contributed by atoms with Crippen molar-refractivity contribution in [3.63, 3.8) is 0 Å². The number of hydrogen-bond acceptors (Lipinski definition) is 5. The summed E-state index contributed by atoms with van der Waals surface area (Å²) >= 11 is 0. The van der Waals surface area contributed by atoms with Crippen LogP contribution in [0.25, 0.3) is 0 Å². The molecule has 4 atom stereocenters. The highest BCUT2D eigenvalue weighted by molar-refractivity contribution is 5.39. The van der Waals surface area contributed by atoms with Crippen LogP contribution in [0.4, 0.5) is 0 Å². The van der Waals surface area contributed by atoms with Crippen LogP contribution in [-0.2, 0) is 15.1 Å². The van der Waals surface area contributed by atoms with E-state index in [2.05, 4.69) is 0 Å². The summed E-state index contributed by atoms with van der Waals surface area (Å²) in [4.78, 5) is 0. The molecule has 0 bridgehead atoms. The molecular formula is C20H20O5. The lowest BCUT2D eigenvalue weighted by Crippen LogP contribution is -2.59. The number of aliphatic hydroxyl groups excluding tert-OH is 1. The van der Waals surface area contributed by atoms with E-state index in [4.69, 9.17) is 18.9 Å². The van der Waals surface area contributed by atoms with Crippen LogP contribution in [0, 0.1) is 5.92 Å². The van der Waals surface area contributed by atoms with E-state index in [-0.39, 0.29) is 12.2 Å². The summed E-state index contributed by atoms with van der Waals surface area (Å²) in [6.07, 6.45) is 2.39. The molecule has 0 aromatic heterocycles. The van der Waals surface area contributed by atoms with Crippen molar-refractivity contribution in [3.8, 4) is 11.5 Å². The average molecular weight is 340 g/mol. The van der Waals surface area contributed by atoms with Crippen molar-refractivity contribution in [3.05, 3.63) is 72.0 Å². The molecule has 0 radical (unpaired) electrons. The van der Waals surface area contributed by atoms with E-state index >= 15 is 0 Å². The van der Waals surface area contributed by atoms with Crippen LogP contribution < -0.4 is 9.47 Å². The maximum absolute atomic E-state index is 11.2. The molecule has 5 nitrogen and oxygen atoms in total. The summed E-state index contributed by atoms with van der Waals surface area (Å²) in [5, 5.41) is 11.2. The number of hydrogen-bond donors (Lipinski definition) is 1. The molecule has 5 heteroatoms. The Labute approximate surface area is 146 Å². The Kier molecular flexibility index (Phi) is 3.90. The van der Waals surface area contributed by atoms with Crippen LogP contribution in [0.2, 0.25) is 0 Å². The lowest BCUT2D eigenvalue weighted by Gasteiger charge is -2.53. The zero-order valence-corrected chi connectivity index (χ0v) is 14.1. The monoisotopic (exact) mass is 340 g/mol. The molecule has 130 valence electrons. The van der Waals surface area contributed by atoms with Gasteiger partial charge >= 0.3 is 0 Å². The quantitative estimate of drug-likeness (QED) is 0.906. The van der Waals surface area contributed by atoms with Gasteiger partial charge < -0.3 is 24.1 Å². The average Bonchev–Trinajstić information content (AvgIpc) is 3.04. The van der Waals surface area contributed by atoms with Gasteiger partial charge in [-0.2, -0.15) is 0 Å². The number of fused-ring (bicyclic) bond motifs is 1. The highest BCUT2D eigenvalue weighted by atomic mass is 16.7. The molecule has 0 saturated carbocycles. The van der Waals surface area contributed by atoms with E-state index in [1.54, 1.807) is 20.5 Å². The lowest BCUT2D eigenvalue weighted by molar-refractivity contribution is -0.351. The molecule has 2 aliphatic rings. The van der Waals surface area contributed by atoms with Crippen LogP contribution in [0.15, 0.2) is 60.9 Å². The predicted molar refractivity (Wildman–Crippen MR) is 91.2 cm³/mol. The minimum absolute atomic E-state index is 0.0574. The number of ether oxygens (including phenoxy) is 4. The summed E-state index contributed by atoms with van der Waals surface area (Å²) in [6.45, 7) is 0. The van der Waals surface area contributed by atoms with E-state index < -0.39 is 11.7 Å². The minimum atomic E-state index is -0.890. The van der Waals surface area contributed by atoms with Crippen LogP contribution >= 0.6 is 0 Å². The Morgan fingerprint density at radius 3 is 2.12 bits per heavy atom. The van der Waals surface area contributed by atoms with Gasteiger partial charge in [0, 0.05) is 0 Å². The van der Waals surface area contributed by atoms with Gasteiger partial charge in [0.1, 0.15) is 23.2 Å². The Bertz CT molecular complexity index is 768. The van der Waals surface area contributed by atoms with Crippen molar-refractivity contribution in [1.82, 2.24) is 0 Å². The number of aliphatic hydroxyl groups is 1. The molecule has 1 fully saturated rings. The van der Waals surface area contributed by atoms with E-state index in [0.717, 1.165) is 22.6 Å². The van der Waals surface area contributed by atoms with Crippen molar-refractivity contribution in [2.75, 3.05) is 14.2 Å². The van der Waals surface area contributed by atoms with Gasteiger partial charge in [0.15, 0.2) is 0 Å². The second-order valence-corrected chi connectivity index (χ2v) is 6.17. The summed E-state index contributed by atoms with van der Waals surface area (Å²) in [5.74, 6) is 1.44. The van der Waals surface area contributed by atoms with E-state index in [9.17, 15) is 5.11 Å². The summed E-state index contributed by atoms with van der Waals surface area (Å²) in [6, 6.07) is 15.0. The molecule has 0 spiro atoms. The van der Waals surface area contributed by atoms with E-state index in [1.807, 2.05) is 54.6 Å². The normalized spacial score (nSPS) is 27.8. The van der Waals surface area contributed by atoms with Gasteiger partial charge in [-0.05, 0) is 41.5 Å². The number of methoxy groups -OCH3 is 2. The van der Waals surface area contributed by atoms with Gasteiger partial charge in [0.05, 0.1) is 26.4 Å². The van der Waals surface area contributed by atoms with Crippen LogP contribution in [-0.4, -0.2) is 25.6 Å². The van der Waals surface area contributed by atoms with Gasteiger partial charge in [-0.15, -0.1) is 0 Å². The second kappa shape index (κ2) is 6.10. The van der Waals surface area contributed by atoms with Crippen LogP contribution in [0.1, 0.15) is 17.2 Å². The first kappa shape index (κ1) is 16.0. The lowest BCUT2D eigenvalue weighted by atomic mass is 9.70. The molecule has 25 heavy (non-hydrogen) atoms. The molecule has 1 saturated heterocycles. The molecule has 0 aliphatic carbocycles. The van der Waals surface area contributed by atoms with Crippen molar-refractivity contribution >= 4 is 0 Å². The highest BCUT2D eigenvalue weighted by Gasteiger charge is 2.62. The van der Waals surface area contributed by atoms with Crippen molar-refractivity contribution < 1.29 is 24.1 Å². The van der Waals surface area contributed by atoms with Crippen molar-refractivity contribution in [2.45, 2.75) is 18.0 Å². The minimum Gasteiger partial charge on any atom is -0.497 e. The SMILES string of the molecule is COc1ccc(C(O)C2(c3ccc(OC)cc3)O[C@H]3OC=C[C@H]32)cc1. The topological polar surface area (TPSA) is 57.2 Å². The zero-order chi connectivity index (χ0) is 17.4. The molecule has 4 rings (SSSR count). The zero-order valence-electron chi connectivity index (χ0n) is 14.1. The van der Waals surface area contributed by atoms with Crippen LogP contribution in [0.5, 0.6) is 11.5 Å². The predicted octanol–water partition coefficient (Wildman–Crippen LogP) is 3.15. The van der Waals surface area contributed by atoms with Crippen LogP contribution in [0.3, 0.4) is 0 Å². The number of benzene rings is 2. The molecule has 2 aromatic carbocycles.